The average Bonchev–Trinajstić information content (AvgIpc) is 3.26. The molecule has 7 heteroatoms. The Bertz CT molecular complexity index is 576. The van der Waals surface area contributed by atoms with Gasteiger partial charge in [-0.3, -0.25) is 0 Å². The van der Waals surface area contributed by atoms with Gasteiger partial charge in [0.2, 0.25) is 0 Å². The summed E-state index contributed by atoms with van der Waals surface area (Å²) in [6.45, 7) is 4.17. The molecule has 0 saturated heterocycles. The van der Waals surface area contributed by atoms with Crippen LogP contribution >= 0.6 is 0 Å². The fourth-order valence-electron chi connectivity index (χ4n) is 1.31. The van der Waals surface area contributed by atoms with Gasteiger partial charge in [-0.25, -0.2) is 33.9 Å². The summed E-state index contributed by atoms with van der Waals surface area (Å²) in [6, 6.07) is 16.5. The molecule has 0 aromatic heterocycles. The predicted octanol–water partition coefficient (Wildman–Crippen LogP) is 3.06. The van der Waals surface area contributed by atoms with Crippen molar-refractivity contribution in [3.63, 3.8) is 0 Å². The third-order valence-electron chi connectivity index (χ3n) is 2.61. The number of esters is 2. The number of ether oxygens (including phenoxy) is 2. The van der Waals surface area contributed by atoms with Crippen molar-refractivity contribution >= 4 is 37.2 Å². The van der Waals surface area contributed by atoms with Gasteiger partial charge in [0.05, 0.1) is 14.2 Å². The maximum Gasteiger partial charge on any atom is 0.309 e. The number of rotatable bonds is 2. The van der Waals surface area contributed by atoms with E-state index in [-0.39, 0.29) is 31.5 Å². The van der Waals surface area contributed by atoms with Crippen molar-refractivity contribution in [2.24, 2.45) is 0 Å². The molecule has 0 aliphatic carbocycles. The Morgan fingerprint density at radius 1 is 0.720 bits per heavy atom. The summed E-state index contributed by atoms with van der Waals surface area (Å²) in [6.07, 6.45) is 0. The zero-order valence-corrected chi connectivity index (χ0v) is 17.8. The second kappa shape index (κ2) is 14.8. The fraction of sp³-hybridized carbons (Fsp3) is 0.222. The molecule has 0 atom stereocenters. The molecule has 2 rings (SSSR count). The molecule has 4 nitrogen and oxygen atoms in total. The summed E-state index contributed by atoms with van der Waals surface area (Å²) < 4.78 is 8.50. The van der Waals surface area contributed by atoms with E-state index in [1.807, 2.05) is 24.3 Å². The Balaban J connectivity index is 0. The SMILES string of the molecule is COC(=O)C([S-])=C([S-])C(=O)OC.C[c-]1cccc1.C[c-]1cccc1.[Ti]. The van der Waals surface area contributed by atoms with Crippen LogP contribution in [-0.2, 0) is 66.0 Å². The van der Waals surface area contributed by atoms with Crippen molar-refractivity contribution in [2.45, 2.75) is 13.8 Å². The summed E-state index contributed by atoms with van der Waals surface area (Å²) >= 11 is 9.05. The van der Waals surface area contributed by atoms with Crippen LogP contribution in [0.15, 0.2) is 58.3 Å². The Morgan fingerprint density at radius 2 is 0.960 bits per heavy atom. The number of carbonyl (C=O) groups excluding carboxylic acids is 2. The summed E-state index contributed by atoms with van der Waals surface area (Å²) in [4.78, 5) is 20.8. The van der Waals surface area contributed by atoms with E-state index in [0.717, 1.165) is 14.2 Å². The molecule has 0 bridgehead atoms. The van der Waals surface area contributed by atoms with E-state index in [9.17, 15) is 9.59 Å². The maximum absolute atomic E-state index is 10.7. The van der Waals surface area contributed by atoms with E-state index in [1.54, 1.807) is 0 Å². The van der Waals surface area contributed by atoms with Gasteiger partial charge in [0.15, 0.2) is 0 Å². The molecule has 0 aliphatic rings. The van der Waals surface area contributed by atoms with Gasteiger partial charge in [-0.05, 0) is 0 Å². The monoisotopic (exact) mass is 412 g/mol. The van der Waals surface area contributed by atoms with Gasteiger partial charge in [-0.2, -0.15) is 35.4 Å². The van der Waals surface area contributed by atoms with Crippen LogP contribution in [0.5, 0.6) is 0 Å². The van der Waals surface area contributed by atoms with E-state index in [4.69, 9.17) is 0 Å². The van der Waals surface area contributed by atoms with Crippen LogP contribution < -0.4 is 0 Å². The number of carbonyl (C=O) groups is 2. The maximum atomic E-state index is 10.7. The van der Waals surface area contributed by atoms with Gasteiger partial charge >= 0.3 is 11.9 Å². The van der Waals surface area contributed by atoms with Crippen LogP contribution in [0.1, 0.15) is 11.1 Å². The normalized spacial score (nSPS) is 9.76. The first-order valence-corrected chi connectivity index (χ1v) is 7.76. The van der Waals surface area contributed by atoms with Gasteiger partial charge in [-0.15, -0.1) is 9.81 Å². The first kappa shape index (κ1) is 25.8. The molecule has 0 saturated carbocycles. The topological polar surface area (TPSA) is 52.6 Å². The van der Waals surface area contributed by atoms with E-state index in [1.165, 1.54) is 11.1 Å². The van der Waals surface area contributed by atoms with Crippen LogP contribution in [0.3, 0.4) is 0 Å². The van der Waals surface area contributed by atoms with E-state index < -0.39 is 11.9 Å². The number of hydrogen-bond acceptors (Lipinski definition) is 6. The summed E-state index contributed by atoms with van der Waals surface area (Å²) in [5, 5.41) is 0. The van der Waals surface area contributed by atoms with E-state index in [0.29, 0.717) is 0 Å². The zero-order chi connectivity index (χ0) is 18.5. The number of methoxy groups -OCH3 is 2. The molecule has 0 aliphatic heterocycles. The third-order valence-corrected chi connectivity index (χ3v) is 3.48. The molecule has 0 amide bonds. The molecule has 0 spiro atoms. The minimum atomic E-state index is -0.805. The summed E-state index contributed by atoms with van der Waals surface area (Å²) in [7, 11) is 2.29. The third kappa shape index (κ3) is 11.7. The minimum absolute atomic E-state index is 0. The molecule has 2 aromatic rings. The summed E-state index contributed by atoms with van der Waals surface area (Å²) in [5.74, 6) is -1.61. The van der Waals surface area contributed by atoms with Crippen LogP contribution in [0.2, 0.25) is 0 Å². The van der Waals surface area contributed by atoms with Crippen molar-refractivity contribution in [3.8, 4) is 0 Å². The van der Waals surface area contributed by atoms with E-state index >= 15 is 0 Å². The number of hydrogen-bond donors (Lipinski definition) is 0. The van der Waals surface area contributed by atoms with Gasteiger partial charge in [0, 0.05) is 21.7 Å². The van der Waals surface area contributed by atoms with Gasteiger partial charge < -0.3 is 34.7 Å². The van der Waals surface area contributed by atoms with Crippen molar-refractivity contribution in [1.29, 1.82) is 0 Å². The van der Waals surface area contributed by atoms with Gasteiger partial charge in [-0.1, -0.05) is 13.8 Å². The van der Waals surface area contributed by atoms with Crippen LogP contribution in [0, 0.1) is 13.8 Å². The average molecular weight is 412 g/mol. The Kier molecular flexibility index (Phi) is 15.3. The Labute approximate surface area is 175 Å². The van der Waals surface area contributed by atoms with Gasteiger partial charge in [0.25, 0.3) is 0 Å². The van der Waals surface area contributed by atoms with Crippen molar-refractivity contribution in [2.75, 3.05) is 14.2 Å². The van der Waals surface area contributed by atoms with Crippen LogP contribution in [0.4, 0.5) is 0 Å². The molecular formula is C18H20O4S2Ti-4. The van der Waals surface area contributed by atoms with Crippen molar-refractivity contribution < 1.29 is 40.8 Å². The van der Waals surface area contributed by atoms with Crippen LogP contribution in [0.25, 0.3) is 0 Å². The molecular weight excluding hydrogens is 392 g/mol. The zero-order valence-electron chi connectivity index (χ0n) is 14.6. The molecule has 0 N–H and O–H groups in total. The van der Waals surface area contributed by atoms with Crippen LogP contribution in [-0.4, -0.2) is 26.2 Å². The van der Waals surface area contributed by atoms with Crippen molar-refractivity contribution in [1.82, 2.24) is 0 Å². The molecule has 0 unspecified atom stereocenters. The molecule has 0 fully saturated rings. The second-order valence-corrected chi connectivity index (χ2v) is 5.38. The standard InChI is InChI=1S/C6H8O4S2.2C6H7.Ti/c1-9-5(7)3(11)4(12)6(8)10-2;2*1-6-4-2-3-5-6;/h11-12H,1-2H3;2*2-5H,1H3;/q;2*-1;/p-2. The largest absolute Gasteiger partial charge is 0.774 e. The smallest absolute Gasteiger partial charge is 0.309 e. The molecule has 0 radical (unpaired) electrons. The molecule has 0 heterocycles. The first-order valence-electron chi connectivity index (χ1n) is 6.95. The summed E-state index contributed by atoms with van der Waals surface area (Å²) in [5.41, 5.74) is 2.69. The quantitative estimate of drug-likeness (QED) is 0.249. The minimum Gasteiger partial charge on any atom is -0.774 e. The fourth-order valence-corrected chi connectivity index (χ4v) is 1.64. The Hall–Kier alpha value is -1.47. The van der Waals surface area contributed by atoms with E-state index in [2.05, 4.69) is 72.8 Å². The second-order valence-electron chi connectivity index (χ2n) is 4.57. The molecule has 136 valence electrons. The first-order chi connectivity index (χ1) is 11.3. The van der Waals surface area contributed by atoms with Crippen molar-refractivity contribution in [3.05, 3.63) is 69.5 Å². The number of aryl methyl sites for hydroxylation is 2. The molecule has 25 heavy (non-hydrogen) atoms. The van der Waals surface area contributed by atoms with Gasteiger partial charge in [0.1, 0.15) is 0 Å². The Morgan fingerprint density at radius 3 is 1.08 bits per heavy atom. The predicted molar refractivity (Wildman–Crippen MR) is 99.3 cm³/mol. The molecule has 2 aromatic carbocycles.